The quantitative estimate of drug-likeness (QED) is 0.107. The number of carbonyl (C=O) groups excluding carboxylic acids is 6. The summed E-state index contributed by atoms with van der Waals surface area (Å²) in [6.45, 7) is 9.28. The fourth-order valence-corrected chi connectivity index (χ4v) is 2.53. The molecule has 0 aliphatic heterocycles. The van der Waals surface area contributed by atoms with Gasteiger partial charge in [-0.25, -0.2) is 19.2 Å². The molecule has 14 nitrogen and oxygen atoms in total. The molecule has 0 aromatic carbocycles. The summed E-state index contributed by atoms with van der Waals surface area (Å²) in [5, 5.41) is 0. The van der Waals surface area contributed by atoms with Crippen LogP contribution in [0.15, 0.2) is 24.3 Å². The molecule has 0 spiro atoms. The zero-order valence-electron chi connectivity index (χ0n) is 24.5. The molecule has 0 N–H and O–H groups in total. The van der Waals surface area contributed by atoms with Gasteiger partial charge in [0, 0.05) is 64.7 Å². The van der Waals surface area contributed by atoms with E-state index in [9.17, 15) is 28.8 Å². The smallest absolute Gasteiger partial charge is 0.331 e. The molecule has 2 unspecified atom stereocenters. The third-order valence-electron chi connectivity index (χ3n) is 4.57. The Hall–Kier alpha value is -3.78. The van der Waals surface area contributed by atoms with Crippen molar-refractivity contribution in [2.24, 2.45) is 0 Å². The first-order valence-corrected chi connectivity index (χ1v) is 12.4. The Balaban J connectivity index is 0. The van der Waals surface area contributed by atoms with Crippen LogP contribution in [0.5, 0.6) is 0 Å². The summed E-state index contributed by atoms with van der Waals surface area (Å²) in [5.74, 6) is -3.59. The normalized spacial score (nSPS) is 12.0. The fourth-order valence-electron chi connectivity index (χ4n) is 2.53. The van der Waals surface area contributed by atoms with E-state index in [0.29, 0.717) is 39.5 Å². The number of amides is 2. The van der Waals surface area contributed by atoms with E-state index < -0.39 is 36.1 Å². The molecular formula is C26H42N2O12. The summed E-state index contributed by atoms with van der Waals surface area (Å²) < 4.78 is 28.9. The second kappa shape index (κ2) is 23.1. The number of hydrogen-bond donors (Lipinski definition) is 0. The second-order valence-corrected chi connectivity index (χ2v) is 7.82. The van der Waals surface area contributed by atoms with Crippen molar-refractivity contribution in [2.75, 3.05) is 67.8 Å². The van der Waals surface area contributed by atoms with Gasteiger partial charge in [0.25, 0.3) is 11.8 Å². The molecule has 40 heavy (non-hydrogen) atoms. The number of methoxy groups -OCH3 is 2. The van der Waals surface area contributed by atoms with Crippen LogP contribution in [0, 0.1) is 0 Å². The average molecular weight is 575 g/mol. The van der Waals surface area contributed by atoms with Gasteiger partial charge in [-0.3, -0.25) is 9.59 Å². The maximum absolute atomic E-state index is 12.4. The Labute approximate surface area is 235 Å². The zero-order valence-corrected chi connectivity index (χ0v) is 24.5. The Morgan fingerprint density at radius 1 is 0.625 bits per heavy atom. The van der Waals surface area contributed by atoms with Crippen molar-refractivity contribution >= 4 is 35.7 Å². The number of nitrogens with zero attached hydrogens (tertiary/aromatic N) is 2. The highest BCUT2D eigenvalue weighted by atomic mass is 16.6. The van der Waals surface area contributed by atoms with Crippen LogP contribution >= 0.6 is 0 Å². The van der Waals surface area contributed by atoms with Crippen molar-refractivity contribution in [3.05, 3.63) is 24.3 Å². The topological polar surface area (TPSA) is 164 Å². The third-order valence-corrected chi connectivity index (χ3v) is 4.57. The van der Waals surface area contributed by atoms with Gasteiger partial charge in [-0.15, -0.1) is 0 Å². The SMILES string of the molecule is CCOCCN(CCOCC)C(=O)C(C)OC(=O)/C=C/C(=O)OC.COC(=O)/C=C/C(=O)OC(C)C(=O)N(C)C. The number of likely N-dealkylation sites (N-methyl/N-ethyl adjacent to an activating group) is 1. The van der Waals surface area contributed by atoms with Gasteiger partial charge >= 0.3 is 23.9 Å². The fraction of sp³-hybridized carbons (Fsp3) is 0.615. The molecule has 0 saturated carbocycles. The standard InChI is InChI=1S/C16H27NO7.C10H15NO5/c1-5-22-11-9-17(10-12-23-6-2)16(20)13(3)24-15(19)8-7-14(18)21-4;1-7(10(14)11(2)3)16-9(13)6-5-8(12)15-4/h7-8,13H,5-6,9-12H2,1-4H3;5-7H,1-4H3/b8-7+;6-5+. The van der Waals surface area contributed by atoms with E-state index in [1.54, 1.807) is 14.1 Å². The molecule has 228 valence electrons. The minimum Gasteiger partial charge on any atom is -0.466 e. The molecule has 0 heterocycles. The lowest BCUT2D eigenvalue weighted by molar-refractivity contribution is -0.156. The summed E-state index contributed by atoms with van der Waals surface area (Å²) in [6.07, 6.45) is 1.82. The van der Waals surface area contributed by atoms with E-state index in [2.05, 4.69) is 9.47 Å². The minimum absolute atomic E-state index is 0.334. The van der Waals surface area contributed by atoms with Crippen LogP contribution in [0.25, 0.3) is 0 Å². The van der Waals surface area contributed by atoms with Crippen LogP contribution in [0.2, 0.25) is 0 Å². The second-order valence-electron chi connectivity index (χ2n) is 7.82. The molecule has 2 amide bonds. The van der Waals surface area contributed by atoms with Crippen molar-refractivity contribution < 1.29 is 57.2 Å². The number of rotatable bonds is 16. The van der Waals surface area contributed by atoms with Gasteiger partial charge in [0.2, 0.25) is 0 Å². The van der Waals surface area contributed by atoms with Crippen molar-refractivity contribution in [3.63, 3.8) is 0 Å². The first kappa shape index (κ1) is 38.4. The van der Waals surface area contributed by atoms with Crippen molar-refractivity contribution in [3.8, 4) is 0 Å². The number of hydrogen-bond acceptors (Lipinski definition) is 12. The number of esters is 4. The molecule has 14 heteroatoms. The lowest BCUT2D eigenvalue weighted by atomic mass is 10.3. The summed E-state index contributed by atoms with van der Waals surface area (Å²) in [5.41, 5.74) is 0. The summed E-state index contributed by atoms with van der Waals surface area (Å²) in [4.78, 5) is 70.8. The van der Waals surface area contributed by atoms with Crippen LogP contribution in [0.1, 0.15) is 27.7 Å². The van der Waals surface area contributed by atoms with E-state index in [0.717, 1.165) is 24.3 Å². The summed E-state index contributed by atoms with van der Waals surface area (Å²) >= 11 is 0. The Morgan fingerprint density at radius 3 is 1.30 bits per heavy atom. The van der Waals surface area contributed by atoms with Crippen molar-refractivity contribution in [1.82, 2.24) is 9.80 Å². The molecule has 0 saturated heterocycles. The monoisotopic (exact) mass is 574 g/mol. The highest BCUT2D eigenvalue weighted by Crippen LogP contribution is 2.02. The van der Waals surface area contributed by atoms with E-state index >= 15 is 0 Å². The van der Waals surface area contributed by atoms with E-state index in [-0.39, 0.29) is 11.8 Å². The molecular weight excluding hydrogens is 532 g/mol. The van der Waals surface area contributed by atoms with E-state index in [1.807, 2.05) is 13.8 Å². The van der Waals surface area contributed by atoms with Gasteiger partial charge in [-0.1, -0.05) is 0 Å². The molecule has 0 fully saturated rings. The lowest BCUT2D eigenvalue weighted by Crippen LogP contribution is -2.43. The first-order chi connectivity index (χ1) is 18.8. The Morgan fingerprint density at radius 2 is 0.975 bits per heavy atom. The Kier molecular flexibility index (Phi) is 22.2. The highest BCUT2D eigenvalue weighted by Gasteiger charge is 2.23. The van der Waals surface area contributed by atoms with E-state index in [1.165, 1.54) is 37.9 Å². The molecule has 2 atom stereocenters. The van der Waals surface area contributed by atoms with E-state index in [4.69, 9.17) is 18.9 Å². The third kappa shape index (κ3) is 19.3. The van der Waals surface area contributed by atoms with Crippen LogP contribution in [0.3, 0.4) is 0 Å². The minimum atomic E-state index is -0.983. The largest absolute Gasteiger partial charge is 0.466 e. The van der Waals surface area contributed by atoms with Crippen LogP contribution in [-0.2, 0) is 57.2 Å². The first-order valence-electron chi connectivity index (χ1n) is 12.4. The van der Waals surface area contributed by atoms with Gasteiger partial charge in [0.15, 0.2) is 12.2 Å². The van der Waals surface area contributed by atoms with Gasteiger partial charge in [0.05, 0.1) is 27.4 Å². The predicted molar refractivity (Wildman–Crippen MR) is 142 cm³/mol. The molecule has 0 aromatic heterocycles. The maximum atomic E-state index is 12.4. The maximum Gasteiger partial charge on any atom is 0.331 e. The molecule has 0 rings (SSSR count). The van der Waals surface area contributed by atoms with Crippen LogP contribution in [-0.4, -0.2) is 126 Å². The van der Waals surface area contributed by atoms with Crippen molar-refractivity contribution in [2.45, 2.75) is 39.9 Å². The highest BCUT2D eigenvalue weighted by molar-refractivity contribution is 5.93. The number of ether oxygens (including phenoxy) is 6. The zero-order chi connectivity index (χ0) is 31.1. The molecule has 0 radical (unpaired) electrons. The lowest BCUT2D eigenvalue weighted by Gasteiger charge is -2.25. The molecule has 0 bridgehead atoms. The van der Waals surface area contributed by atoms with Gasteiger partial charge < -0.3 is 38.2 Å². The van der Waals surface area contributed by atoms with Gasteiger partial charge in [-0.05, 0) is 27.7 Å². The van der Waals surface area contributed by atoms with Crippen LogP contribution < -0.4 is 0 Å². The number of carbonyl (C=O) groups is 6. The Bertz CT molecular complexity index is 860. The summed E-state index contributed by atoms with van der Waals surface area (Å²) in [7, 11) is 5.49. The molecule has 0 aliphatic rings. The van der Waals surface area contributed by atoms with Gasteiger partial charge in [0.1, 0.15) is 0 Å². The predicted octanol–water partition coefficient (Wildman–Crippen LogP) is 0.284. The molecule has 0 aromatic rings. The van der Waals surface area contributed by atoms with Gasteiger partial charge in [-0.2, -0.15) is 0 Å². The average Bonchev–Trinajstić information content (AvgIpc) is 2.93. The summed E-state index contributed by atoms with van der Waals surface area (Å²) in [6, 6.07) is 0. The van der Waals surface area contributed by atoms with Crippen molar-refractivity contribution in [1.29, 1.82) is 0 Å². The van der Waals surface area contributed by atoms with Crippen LogP contribution in [0.4, 0.5) is 0 Å². The molecule has 0 aliphatic carbocycles.